The van der Waals surface area contributed by atoms with Crippen molar-refractivity contribution in [1.82, 2.24) is 0 Å². The molecule has 90 valence electrons. The van der Waals surface area contributed by atoms with Gasteiger partial charge in [-0.1, -0.05) is 52.3 Å². The van der Waals surface area contributed by atoms with Gasteiger partial charge < -0.3 is 0 Å². The van der Waals surface area contributed by atoms with E-state index in [1.807, 2.05) is 0 Å². The Balaban J connectivity index is 2.48. The van der Waals surface area contributed by atoms with E-state index < -0.39 is 0 Å². The van der Waals surface area contributed by atoms with Gasteiger partial charge in [0.1, 0.15) is 0 Å². The molecule has 0 fully saturated rings. The van der Waals surface area contributed by atoms with Gasteiger partial charge >= 0.3 is 0 Å². The van der Waals surface area contributed by atoms with Crippen LogP contribution in [0.5, 0.6) is 0 Å². The lowest BCUT2D eigenvalue weighted by Crippen LogP contribution is -2.20. The first-order valence-electron chi connectivity index (χ1n) is 6.47. The molecule has 1 heterocycles. The topological polar surface area (TPSA) is 12.4 Å². The molecular weight excluding hydrogens is 194 g/mol. The van der Waals surface area contributed by atoms with Crippen molar-refractivity contribution in [3.8, 4) is 0 Å². The molecule has 0 amide bonds. The second-order valence-electron chi connectivity index (χ2n) is 5.36. The van der Waals surface area contributed by atoms with Gasteiger partial charge in [0.15, 0.2) is 0 Å². The van der Waals surface area contributed by atoms with Gasteiger partial charge in [-0.15, -0.1) is 0 Å². The highest BCUT2D eigenvalue weighted by Gasteiger charge is 2.22. The maximum absolute atomic E-state index is 4.58. The lowest BCUT2D eigenvalue weighted by Gasteiger charge is -2.26. The van der Waals surface area contributed by atoms with Crippen molar-refractivity contribution in [2.75, 3.05) is 0 Å². The number of rotatable bonds is 5. The molecule has 0 saturated heterocycles. The number of aliphatic imine (C=N–C) groups is 1. The molecule has 0 aliphatic carbocycles. The Labute approximate surface area is 100 Å². The fraction of sp³-hybridized carbons (Fsp3) is 0.667. The summed E-state index contributed by atoms with van der Waals surface area (Å²) in [6, 6.07) is 0. The second-order valence-corrected chi connectivity index (χ2v) is 5.36. The molecule has 1 aliphatic rings. The second kappa shape index (κ2) is 6.03. The van der Waals surface area contributed by atoms with E-state index in [-0.39, 0.29) is 5.41 Å². The Morgan fingerprint density at radius 3 is 2.69 bits per heavy atom. The molecule has 1 nitrogen and oxygen atoms in total. The van der Waals surface area contributed by atoms with E-state index in [1.54, 1.807) is 0 Å². The van der Waals surface area contributed by atoms with Crippen molar-refractivity contribution in [3.05, 3.63) is 23.9 Å². The maximum Gasteiger partial charge on any atom is 0.0385 e. The van der Waals surface area contributed by atoms with Crippen molar-refractivity contribution >= 4 is 6.21 Å². The zero-order chi connectivity index (χ0) is 12.0. The molecule has 0 aromatic carbocycles. The molecule has 0 spiro atoms. The van der Waals surface area contributed by atoms with Gasteiger partial charge in [-0.05, 0) is 25.2 Å². The third kappa shape index (κ3) is 3.96. The molecule has 0 aromatic rings. The Morgan fingerprint density at radius 2 is 2.19 bits per heavy atom. The fourth-order valence-corrected chi connectivity index (χ4v) is 1.83. The molecule has 0 bridgehead atoms. The number of hydrogen-bond donors (Lipinski definition) is 0. The summed E-state index contributed by atoms with van der Waals surface area (Å²) >= 11 is 0. The SMILES string of the molecule is CCC/C=C\CC1(C)C=NC(C(C)C)=CC1. The van der Waals surface area contributed by atoms with Crippen LogP contribution in [0.1, 0.15) is 53.4 Å². The van der Waals surface area contributed by atoms with Crippen LogP contribution in [0.25, 0.3) is 0 Å². The van der Waals surface area contributed by atoms with Crippen LogP contribution < -0.4 is 0 Å². The minimum Gasteiger partial charge on any atom is -0.265 e. The highest BCUT2D eigenvalue weighted by Crippen LogP contribution is 2.31. The summed E-state index contributed by atoms with van der Waals surface area (Å²) < 4.78 is 0. The Bertz CT molecular complexity index is 297. The number of hydrogen-bond acceptors (Lipinski definition) is 1. The van der Waals surface area contributed by atoms with Gasteiger partial charge in [0.25, 0.3) is 0 Å². The van der Waals surface area contributed by atoms with Crippen LogP contribution in [0.15, 0.2) is 28.9 Å². The van der Waals surface area contributed by atoms with Gasteiger partial charge in [0.2, 0.25) is 0 Å². The number of unbranched alkanes of at least 4 members (excludes halogenated alkanes) is 1. The molecule has 1 rings (SSSR count). The van der Waals surface area contributed by atoms with Crippen molar-refractivity contribution in [2.24, 2.45) is 16.3 Å². The van der Waals surface area contributed by atoms with Crippen molar-refractivity contribution < 1.29 is 0 Å². The van der Waals surface area contributed by atoms with E-state index in [9.17, 15) is 0 Å². The molecule has 0 N–H and O–H groups in total. The summed E-state index contributed by atoms with van der Waals surface area (Å²) in [6.07, 6.45) is 13.7. The van der Waals surface area contributed by atoms with Crippen molar-refractivity contribution in [1.29, 1.82) is 0 Å². The summed E-state index contributed by atoms with van der Waals surface area (Å²) in [5.41, 5.74) is 1.48. The van der Waals surface area contributed by atoms with Gasteiger partial charge in [-0.25, -0.2) is 0 Å². The molecular formula is C15H25N. The van der Waals surface area contributed by atoms with Crippen LogP contribution in [0, 0.1) is 11.3 Å². The van der Waals surface area contributed by atoms with Crippen LogP contribution in [-0.2, 0) is 0 Å². The van der Waals surface area contributed by atoms with Crippen molar-refractivity contribution in [3.63, 3.8) is 0 Å². The Morgan fingerprint density at radius 1 is 1.44 bits per heavy atom. The molecule has 0 saturated carbocycles. The first kappa shape index (κ1) is 13.2. The average molecular weight is 219 g/mol. The molecule has 1 heteroatoms. The van der Waals surface area contributed by atoms with E-state index in [0.717, 1.165) is 12.8 Å². The molecule has 0 aromatic heterocycles. The van der Waals surface area contributed by atoms with Gasteiger partial charge in [-0.2, -0.15) is 0 Å². The monoisotopic (exact) mass is 219 g/mol. The van der Waals surface area contributed by atoms with E-state index >= 15 is 0 Å². The Kier molecular flexibility index (Phi) is 4.98. The molecule has 1 aliphatic heterocycles. The molecule has 0 radical (unpaired) electrons. The molecule has 1 atom stereocenters. The van der Waals surface area contributed by atoms with Crippen LogP contribution in [0.4, 0.5) is 0 Å². The minimum atomic E-state index is 0.239. The normalized spacial score (nSPS) is 25.4. The quantitative estimate of drug-likeness (QED) is 0.591. The minimum absolute atomic E-state index is 0.239. The van der Waals surface area contributed by atoms with Crippen LogP contribution in [-0.4, -0.2) is 6.21 Å². The zero-order valence-corrected chi connectivity index (χ0v) is 11.2. The third-order valence-electron chi connectivity index (χ3n) is 3.10. The lowest BCUT2D eigenvalue weighted by atomic mass is 9.82. The average Bonchev–Trinajstić information content (AvgIpc) is 2.25. The summed E-state index contributed by atoms with van der Waals surface area (Å²) in [7, 11) is 0. The predicted octanol–water partition coefficient (Wildman–Crippen LogP) is 4.75. The van der Waals surface area contributed by atoms with Crippen LogP contribution >= 0.6 is 0 Å². The largest absolute Gasteiger partial charge is 0.265 e. The highest BCUT2D eigenvalue weighted by molar-refractivity contribution is 5.68. The summed E-state index contributed by atoms with van der Waals surface area (Å²) in [6.45, 7) is 8.91. The van der Waals surface area contributed by atoms with Crippen molar-refractivity contribution in [2.45, 2.75) is 53.4 Å². The smallest absolute Gasteiger partial charge is 0.0385 e. The first-order chi connectivity index (χ1) is 7.57. The van der Waals surface area contributed by atoms with Crippen LogP contribution in [0.2, 0.25) is 0 Å². The summed E-state index contributed by atoms with van der Waals surface area (Å²) in [5, 5.41) is 0. The molecule has 16 heavy (non-hydrogen) atoms. The van der Waals surface area contributed by atoms with E-state index in [4.69, 9.17) is 0 Å². The van der Waals surface area contributed by atoms with Gasteiger partial charge in [0.05, 0.1) is 0 Å². The van der Waals surface area contributed by atoms with E-state index in [2.05, 4.69) is 57.1 Å². The molecule has 1 unspecified atom stereocenters. The van der Waals surface area contributed by atoms with E-state index in [1.165, 1.54) is 18.5 Å². The summed E-state index contributed by atoms with van der Waals surface area (Å²) in [4.78, 5) is 4.58. The van der Waals surface area contributed by atoms with Crippen LogP contribution in [0.3, 0.4) is 0 Å². The summed E-state index contributed by atoms with van der Waals surface area (Å²) in [5.74, 6) is 0.552. The number of nitrogens with zero attached hydrogens (tertiary/aromatic N) is 1. The first-order valence-corrected chi connectivity index (χ1v) is 6.47. The highest BCUT2D eigenvalue weighted by atomic mass is 14.8. The number of allylic oxidation sites excluding steroid dienone is 4. The van der Waals surface area contributed by atoms with Gasteiger partial charge in [-0.3, -0.25) is 4.99 Å². The van der Waals surface area contributed by atoms with Gasteiger partial charge in [0, 0.05) is 17.3 Å². The standard InChI is InChI=1S/C15H25N/c1-5-6-7-8-10-15(4)11-9-14(13(2)3)16-12-15/h7-9,12-13H,5-6,10-11H2,1-4H3/b8-7-. The third-order valence-corrected chi connectivity index (χ3v) is 3.10. The van der Waals surface area contributed by atoms with E-state index in [0.29, 0.717) is 5.92 Å². The predicted molar refractivity (Wildman–Crippen MR) is 72.8 cm³/mol. The fourth-order valence-electron chi connectivity index (χ4n) is 1.83. The Hall–Kier alpha value is -0.850. The lowest BCUT2D eigenvalue weighted by molar-refractivity contribution is 0.479. The maximum atomic E-state index is 4.58. The zero-order valence-electron chi connectivity index (χ0n) is 11.2.